The van der Waals surface area contributed by atoms with Gasteiger partial charge in [0.25, 0.3) is 0 Å². The van der Waals surface area contributed by atoms with Gasteiger partial charge in [0.05, 0.1) is 6.61 Å². The van der Waals surface area contributed by atoms with E-state index in [2.05, 4.69) is 22.9 Å². The third-order valence-corrected chi connectivity index (χ3v) is 8.52. The summed E-state index contributed by atoms with van der Waals surface area (Å²) in [6.45, 7) is 3.09. The molecule has 0 aliphatic heterocycles. The summed E-state index contributed by atoms with van der Waals surface area (Å²) in [7, 11) is 0. The Kier molecular flexibility index (Phi) is 5.33. The highest BCUT2D eigenvalue weighted by atomic mass is 79.9. The van der Waals surface area contributed by atoms with Crippen LogP contribution in [0.25, 0.3) is 0 Å². The highest BCUT2D eigenvalue weighted by Gasteiger charge is 2.54. The molecule has 0 radical (unpaired) electrons. The lowest BCUT2D eigenvalue weighted by Crippen LogP contribution is -2.44. The van der Waals surface area contributed by atoms with E-state index in [0.717, 1.165) is 43.4 Å². The molecule has 4 heteroatoms. The molecular formula is C22H31BrO3. The lowest BCUT2D eigenvalue weighted by molar-refractivity contribution is -0.140. The Morgan fingerprint density at radius 2 is 2.12 bits per heavy atom. The Hall–Kier alpha value is -0.640. The lowest BCUT2D eigenvalue weighted by Gasteiger charge is -2.52. The molecule has 3 fully saturated rings. The van der Waals surface area contributed by atoms with Crippen LogP contribution in [0.4, 0.5) is 0 Å². The number of allylic oxidation sites excluding steroid dienone is 1. The quantitative estimate of drug-likeness (QED) is 0.468. The van der Waals surface area contributed by atoms with Crippen LogP contribution in [0, 0.1) is 35.0 Å². The number of fused-ring (bicyclic) bond motifs is 5. The minimum absolute atomic E-state index is 0.148. The fraction of sp³-hybridized carbons (Fsp3) is 0.818. The van der Waals surface area contributed by atoms with Crippen LogP contribution in [0.5, 0.6) is 0 Å². The molecule has 0 aromatic carbocycles. The van der Waals surface area contributed by atoms with Crippen LogP contribution in [0.15, 0.2) is 11.6 Å². The summed E-state index contributed by atoms with van der Waals surface area (Å²) in [4.78, 5) is 23.2. The molecule has 0 N–H and O–H groups in total. The molecule has 0 saturated heterocycles. The number of hydrogen-bond donors (Lipinski definition) is 0. The molecule has 0 spiro atoms. The van der Waals surface area contributed by atoms with Gasteiger partial charge in [-0.1, -0.05) is 28.4 Å². The molecule has 0 aromatic rings. The van der Waals surface area contributed by atoms with Gasteiger partial charge in [0.15, 0.2) is 5.78 Å². The predicted octanol–water partition coefficient (Wildman–Crippen LogP) is 5.07. The van der Waals surface area contributed by atoms with Crippen LogP contribution in [0.2, 0.25) is 0 Å². The maximum absolute atomic E-state index is 11.8. The van der Waals surface area contributed by atoms with Crippen LogP contribution in [0.3, 0.4) is 0 Å². The smallest absolute Gasteiger partial charge is 0.316 e. The molecule has 4 rings (SSSR count). The van der Waals surface area contributed by atoms with Crippen molar-refractivity contribution < 1.29 is 14.3 Å². The minimum Gasteiger partial charge on any atom is -0.465 e. The molecule has 26 heavy (non-hydrogen) atoms. The molecule has 0 bridgehead atoms. The molecule has 4 aliphatic carbocycles. The highest BCUT2D eigenvalue weighted by Crippen LogP contribution is 2.63. The van der Waals surface area contributed by atoms with Crippen LogP contribution in [0.1, 0.15) is 64.7 Å². The van der Waals surface area contributed by atoms with E-state index in [1.807, 2.05) is 6.08 Å². The van der Waals surface area contributed by atoms with Crippen molar-refractivity contribution in [2.24, 2.45) is 35.0 Å². The van der Waals surface area contributed by atoms with Gasteiger partial charge in [-0.25, -0.2) is 0 Å². The summed E-state index contributed by atoms with van der Waals surface area (Å²) in [6.07, 6.45) is 12.6. The van der Waals surface area contributed by atoms with E-state index in [4.69, 9.17) is 4.74 Å². The van der Waals surface area contributed by atoms with Gasteiger partial charge in [0.1, 0.15) is 5.33 Å². The second-order valence-electron chi connectivity index (χ2n) is 9.44. The zero-order valence-electron chi connectivity index (χ0n) is 15.8. The predicted molar refractivity (Wildman–Crippen MR) is 105 cm³/mol. The summed E-state index contributed by atoms with van der Waals surface area (Å²) >= 11 is 3.16. The molecule has 0 aromatic heterocycles. The normalized spacial score (nSPS) is 41.7. The standard InChI is InChI=1S/C22H31BrO3/c1-22-8-6-18-17-5-3-16(24)11-15(17)2-4-19(18)20(22)10-14(12-22)7-9-26-21(25)13-23/h11,14,17-20H,2-10,12-13H2,1H3/t14-,17-,18+,19+,20-,22+/m0/s1. The Morgan fingerprint density at radius 3 is 2.92 bits per heavy atom. The first-order valence-corrected chi connectivity index (χ1v) is 11.6. The zero-order chi connectivity index (χ0) is 18.3. The van der Waals surface area contributed by atoms with Gasteiger partial charge < -0.3 is 4.74 Å². The Labute approximate surface area is 165 Å². The number of rotatable bonds is 4. The van der Waals surface area contributed by atoms with Crippen molar-refractivity contribution >= 4 is 27.7 Å². The van der Waals surface area contributed by atoms with Gasteiger partial charge in [0.2, 0.25) is 0 Å². The second kappa shape index (κ2) is 7.41. The molecule has 3 nitrogen and oxygen atoms in total. The van der Waals surface area contributed by atoms with Crippen molar-refractivity contribution in [3.63, 3.8) is 0 Å². The van der Waals surface area contributed by atoms with Gasteiger partial charge in [-0.05, 0) is 92.4 Å². The van der Waals surface area contributed by atoms with Gasteiger partial charge in [-0.2, -0.15) is 0 Å². The van der Waals surface area contributed by atoms with Crippen molar-refractivity contribution in [1.29, 1.82) is 0 Å². The first kappa shape index (κ1) is 18.7. The third-order valence-electron chi connectivity index (χ3n) is 8.06. The van der Waals surface area contributed by atoms with E-state index in [1.165, 1.54) is 37.7 Å². The molecule has 0 unspecified atom stereocenters. The van der Waals surface area contributed by atoms with E-state index >= 15 is 0 Å². The summed E-state index contributed by atoms with van der Waals surface area (Å²) in [6, 6.07) is 0. The second-order valence-corrected chi connectivity index (χ2v) is 10.0. The molecule has 0 amide bonds. The van der Waals surface area contributed by atoms with Crippen molar-refractivity contribution in [2.45, 2.75) is 64.7 Å². The number of hydrogen-bond acceptors (Lipinski definition) is 3. The number of ketones is 1. The fourth-order valence-corrected chi connectivity index (χ4v) is 7.15. The van der Waals surface area contributed by atoms with Crippen molar-refractivity contribution in [3.05, 3.63) is 11.6 Å². The summed E-state index contributed by atoms with van der Waals surface area (Å²) < 4.78 is 5.30. The van der Waals surface area contributed by atoms with Crippen molar-refractivity contribution in [2.75, 3.05) is 11.9 Å². The van der Waals surface area contributed by atoms with Crippen LogP contribution in [-0.4, -0.2) is 23.7 Å². The number of alkyl halides is 1. The van der Waals surface area contributed by atoms with Crippen molar-refractivity contribution in [3.8, 4) is 0 Å². The molecule has 6 atom stereocenters. The first-order valence-electron chi connectivity index (χ1n) is 10.4. The summed E-state index contributed by atoms with van der Waals surface area (Å²) in [5.74, 6) is 4.09. The van der Waals surface area contributed by atoms with E-state index in [1.54, 1.807) is 0 Å². The number of esters is 1. The highest BCUT2D eigenvalue weighted by molar-refractivity contribution is 9.09. The van der Waals surface area contributed by atoms with Crippen molar-refractivity contribution in [1.82, 2.24) is 0 Å². The first-order chi connectivity index (χ1) is 12.5. The van der Waals surface area contributed by atoms with E-state index in [0.29, 0.717) is 35.0 Å². The number of carbonyl (C=O) groups is 2. The molecule has 4 aliphatic rings. The van der Waals surface area contributed by atoms with E-state index in [-0.39, 0.29) is 5.97 Å². The summed E-state index contributed by atoms with van der Waals surface area (Å²) in [5.41, 5.74) is 1.96. The zero-order valence-corrected chi connectivity index (χ0v) is 17.4. The maximum atomic E-state index is 11.8. The van der Waals surface area contributed by atoms with E-state index in [9.17, 15) is 9.59 Å². The average molecular weight is 423 g/mol. The molecule has 3 saturated carbocycles. The van der Waals surface area contributed by atoms with Gasteiger partial charge in [0, 0.05) is 6.42 Å². The van der Waals surface area contributed by atoms with Crippen LogP contribution < -0.4 is 0 Å². The number of halogens is 1. The number of ether oxygens (including phenoxy) is 1. The third kappa shape index (κ3) is 3.43. The Morgan fingerprint density at radius 1 is 1.27 bits per heavy atom. The van der Waals surface area contributed by atoms with Gasteiger partial charge in [-0.15, -0.1) is 0 Å². The fourth-order valence-electron chi connectivity index (χ4n) is 6.99. The van der Waals surface area contributed by atoms with Gasteiger partial charge in [-0.3, -0.25) is 9.59 Å². The lowest BCUT2D eigenvalue weighted by atomic mass is 9.52. The minimum atomic E-state index is -0.148. The number of carbonyl (C=O) groups excluding carboxylic acids is 2. The largest absolute Gasteiger partial charge is 0.465 e. The monoisotopic (exact) mass is 422 g/mol. The van der Waals surface area contributed by atoms with Crippen LogP contribution in [-0.2, 0) is 14.3 Å². The van der Waals surface area contributed by atoms with Gasteiger partial charge >= 0.3 is 5.97 Å². The molecule has 0 heterocycles. The average Bonchev–Trinajstić information content (AvgIpc) is 2.97. The summed E-state index contributed by atoms with van der Waals surface area (Å²) in [5, 5.41) is 0.293. The maximum Gasteiger partial charge on any atom is 0.316 e. The Balaban J connectivity index is 1.42. The Bertz CT molecular complexity index is 613. The topological polar surface area (TPSA) is 43.4 Å². The van der Waals surface area contributed by atoms with Crippen LogP contribution >= 0.6 is 15.9 Å². The molecular weight excluding hydrogens is 392 g/mol. The van der Waals surface area contributed by atoms with E-state index < -0.39 is 0 Å². The molecule has 144 valence electrons. The SMILES string of the molecule is C[C@]12CC[C@H]3[C@@H](CCC4=CC(=O)CC[C@@H]43)[C@@H]1C[C@H](CCOC(=O)CBr)C2.